The third-order valence-corrected chi connectivity index (χ3v) is 2.83. The average molecular weight is 235 g/mol. The monoisotopic (exact) mass is 235 g/mol. The Morgan fingerprint density at radius 3 is 3.00 bits per heavy atom. The number of aryl methyl sites for hydroxylation is 1. The molecule has 2 heterocycles. The molecule has 92 valence electrons. The van der Waals surface area contributed by atoms with Crippen LogP contribution in [0.2, 0.25) is 0 Å². The summed E-state index contributed by atoms with van der Waals surface area (Å²) in [5.41, 5.74) is 1.34. The number of pyridine rings is 1. The summed E-state index contributed by atoms with van der Waals surface area (Å²) in [5, 5.41) is 5.90. The molecule has 2 rings (SSSR count). The second-order valence-electron chi connectivity index (χ2n) is 4.53. The molecular weight excluding hydrogens is 218 g/mol. The van der Waals surface area contributed by atoms with Crippen molar-refractivity contribution in [2.75, 3.05) is 25.0 Å². The predicted molar refractivity (Wildman–Crippen MR) is 64.8 cm³/mol. The van der Waals surface area contributed by atoms with Crippen molar-refractivity contribution in [2.24, 2.45) is 0 Å². The van der Waals surface area contributed by atoms with Crippen LogP contribution in [-0.4, -0.2) is 36.2 Å². The molecule has 5 heteroatoms. The number of nitrogens with zero attached hydrogens (tertiary/aromatic N) is 1. The van der Waals surface area contributed by atoms with Gasteiger partial charge in [-0.1, -0.05) is 0 Å². The number of carbonyl (C=O) groups excluding carboxylic acids is 1. The first kappa shape index (κ1) is 12.0. The Hall–Kier alpha value is -1.46. The van der Waals surface area contributed by atoms with Gasteiger partial charge in [0.05, 0.1) is 17.0 Å². The lowest BCUT2D eigenvalue weighted by molar-refractivity contribution is -0.130. The van der Waals surface area contributed by atoms with Gasteiger partial charge in [-0.3, -0.25) is 9.78 Å². The summed E-state index contributed by atoms with van der Waals surface area (Å²) in [5.74, 6) is -0.144. The van der Waals surface area contributed by atoms with Crippen LogP contribution in [0.3, 0.4) is 0 Å². The molecule has 1 aromatic heterocycles. The van der Waals surface area contributed by atoms with Gasteiger partial charge in [-0.15, -0.1) is 0 Å². The minimum absolute atomic E-state index is 0.0759. The largest absolute Gasteiger partial charge is 0.363 e. The van der Waals surface area contributed by atoms with E-state index in [1.165, 1.54) is 0 Å². The molecule has 17 heavy (non-hydrogen) atoms. The highest BCUT2D eigenvalue weighted by atomic mass is 16.5. The number of amides is 1. The van der Waals surface area contributed by atoms with E-state index in [4.69, 9.17) is 4.74 Å². The minimum Gasteiger partial charge on any atom is -0.363 e. The summed E-state index contributed by atoms with van der Waals surface area (Å²) in [7, 11) is 0. The van der Waals surface area contributed by atoms with Gasteiger partial charge < -0.3 is 15.4 Å². The van der Waals surface area contributed by atoms with Gasteiger partial charge in [0, 0.05) is 19.3 Å². The standard InChI is InChI=1S/C12H17N3O2/c1-9-10(4-3-5-14-9)15-11(16)6-17-12(2)7-13-8-12/h3-5,13H,6-8H2,1-2H3,(H,15,16). The summed E-state index contributed by atoms with van der Waals surface area (Å²) in [6.45, 7) is 5.52. The molecule has 0 saturated carbocycles. The maximum atomic E-state index is 11.7. The molecular formula is C12H17N3O2. The Morgan fingerprint density at radius 2 is 2.41 bits per heavy atom. The van der Waals surface area contributed by atoms with E-state index in [2.05, 4.69) is 15.6 Å². The fraction of sp³-hybridized carbons (Fsp3) is 0.500. The highest BCUT2D eigenvalue weighted by Gasteiger charge is 2.32. The molecule has 5 nitrogen and oxygen atoms in total. The molecule has 1 saturated heterocycles. The van der Waals surface area contributed by atoms with E-state index in [-0.39, 0.29) is 18.1 Å². The topological polar surface area (TPSA) is 63.2 Å². The van der Waals surface area contributed by atoms with Crippen LogP contribution in [0, 0.1) is 6.92 Å². The van der Waals surface area contributed by atoms with Crippen molar-refractivity contribution in [2.45, 2.75) is 19.4 Å². The molecule has 0 aromatic carbocycles. The molecule has 1 amide bonds. The van der Waals surface area contributed by atoms with Crippen LogP contribution < -0.4 is 10.6 Å². The minimum atomic E-state index is -0.193. The van der Waals surface area contributed by atoms with Crippen LogP contribution in [-0.2, 0) is 9.53 Å². The summed E-state index contributed by atoms with van der Waals surface area (Å²) >= 11 is 0. The zero-order valence-electron chi connectivity index (χ0n) is 10.1. The SMILES string of the molecule is Cc1ncccc1NC(=O)COC1(C)CNC1. The Labute approximate surface area is 101 Å². The highest BCUT2D eigenvalue weighted by molar-refractivity contribution is 5.92. The lowest BCUT2D eigenvalue weighted by Gasteiger charge is -2.38. The Bertz CT molecular complexity index is 416. The van der Waals surface area contributed by atoms with Gasteiger partial charge in [0.1, 0.15) is 6.61 Å². The molecule has 0 radical (unpaired) electrons. The molecule has 2 N–H and O–H groups in total. The van der Waals surface area contributed by atoms with E-state index in [1.807, 2.05) is 19.9 Å². The Balaban J connectivity index is 1.83. The van der Waals surface area contributed by atoms with Crippen LogP contribution in [0.5, 0.6) is 0 Å². The quantitative estimate of drug-likeness (QED) is 0.806. The number of rotatable bonds is 4. The first-order chi connectivity index (χ1) is 8.09. The third kappa shape index (κ3) is 3.01. The summed E-state index contributed by atoms with van der Waals surface area (Å²) in [6.07, 6.45) is 1.70. The maximum absolute atomic E-state index is 11.7. The number of hydrogen-bond donors (Lipinski definition) is 2. The van der Waals surface area contributed by atoms with E-state index in [0.29, 0.717) is 0 Å². The molecule has 0 bridgehead atoms. The van der Waals surface area contributed by atoms with Gasteiger partial charge in [0.25, 0.3) is 0 Å². The van der Waals surface area contributed by atoms with E-state index in [1.54, 1.807) is 12.3 Å². The fourth-order valence-corrected chi connectivity index (χ4v) is 1.62. The maximum Gasteiger partial charge on any atom is 0.250 e. The van der Waals surface area contributed by atoms with Crippen LogP contribution in [0.1, 0.15) is 12.6 Å². The van der Waals surface area contributed by atoms with Gasteiger partial charge in [0.15, 0.2) is 0 Å². The van der Waals surface area contributed by atoms with Crippen molar-refractivity contribution in [3.05, 3.63) is 24.0 Å². The van der Waals surface area contributed by atoms with Crippen molar-refractivity contribution in [3.63, 3.8) is 0 Å². The lowest BCUT2D eigenvalue weighted by Crippen LogP contribution is -2.59. The Morgan fingerprint density at radius 1 is 1.65 bits per heavy atom. The van der Waals surface area contributed by atoms with Gasteiger partial charge in [0.2, 0.25) is 5.91 Å². The summed E-state index contributed by atoms with van der Waals surface area (Å²) in [4.78, 5) is 15.8. The number of anilines is 1. The first-order valence-corrected chi connectivity index (χ1v) is 5.65. The fourth-order valence-electron chi connectivity index (χ4n) is 1.62. The predicted octanol–water partition coefficient (Wildman–Crippen LogP) is 0.707. The van der Waals surface area contributed by atoms with Crippen LogP contribution in [0.15, 0.2) is 18.3 Å². The zero-order valence-corrected chi connectivity index (χ0v) is 10.1. The summed E-state index contributed by atoms with van der Waals surface area (Å²) < 4.78 is 5.54. The van der Waals surface area contributed by atoms with Crippen LogP contribution >= 0.6 is 0 Å². The highest BCUT2D eigenvalue weighted by Crippen LogP contribution is 2.15. The van der Waals surface area contributed by atoms with Crippen molar-refractivity contribution in [3.8, 4) is 0 Å². The van der Waals surface area contributed by atoms with Gasteiger partial charge in [-0.2, -0.15) is 0 Å². The van der Waals surface area contributed by atoms with Crippen molar-refractivity contribution >= 4 is 11.6 Å². The van der Waals surface area contributed by atoms with Crippen LogP contribution in [0.4, 0.5) is 5.69 Å². The zero-order chi connectivity index (χ0) is 12.3. The number of carbonyl (C=O) groups is 1. The molecule has 1 aliphatic heterocycles. The lowest BCUT2D eigenvalue weighted by atomic mass is 10.0. The third-order valence-electron chi connectivity index (χ3n) is 2.83. The summed E-state index contributed by atoms with van der Waals surface area (Å²) in [6, 6.07) is 3.62. The number of aromatic nitrogens is 1. The molecule has 1 fully saturated rings. The Kier molecular flexibility index (Phi) is 3.40. The van der Waals surface area contributed by atoms with Crippen molar-refractivity contribution in [1.82, 2.24) is 10.3 Å². The number of nitrogens with one attached hydrogen (secondary N) is 2. The number of ether oxygens (including phenoxy) is 1. The molecule has 1 aliphatic rings. The van der Waals surface area contributed by atoms with E-state index in [9.17, 15) is 4.79 Å². The normalized spacial score (nSPS) is 17.3. The van der Waals surface area contributed by atoms with E-state index < -0.39 is 0 Å². The number of hydrogen-bond acceptors (Lipinski definition) is 4. The van der Waals surface area contributed by atoms with Crippen molar-refractivity contribution < 1.29 is 9.53 Å². The molecule has 1 aromatic rings. The molecule has 0 atom stereocenters. The van der Waals surface area contributed by atoms with Gasteiger partial charge in [-0.25, -0.2) is 0 Å². The smallest absolute Gasteiger partial charge is 0.250 e. The van der Waals surface area contributed by atoms with Gasteiger partial charge in [-0.05, 0) is 26.0 Å². The molecule has 0 aliphatic carbocycles. The molecule has 0 spiro atoms. The van der Waals surface area contributed by atoms with Gasteiger partial charge >= 0.3 is 0 Å². The second-order valence-corrected chi connectivity index (χ2v) is 4.53. The second kappa shape index (κ2) is 4.81. The first-order valence-electron chi connectivity index (χ1n) is 5.65. The van der Waals surface area contributed by atoms with Crippen molar-refractivity contribution in [1.29, 1.82) is 0 Å². The van der Waals surface area contributed by atoms with Crippen LogP contribution in [0.25, 0.3) is 0 Å². The molecule has 0 unspecified atom stereocenters. The van der Waals surface area contributed by atoms with E-state index in [0.717, 1.165) is 24.5 Å². The average Bonchev–Trinajstić information content (AvgIpc) is 2.27. The van der Waals surface area contributed by atoms with E-state index >= 15 is 0 Å².